The summed E-state index contributed by atoms with van der Waals surface area (Å²) in [4.78, 5) is 59.1. The van der Waals surface area contributed by atoms with Crippen LogP contribution in [0.5, 0.6) is 17.2 Å². The second kappa shape index (κ2) is 37.3. The summed E-state index contributed by atoms with van der Waals surface area (Å²) < 4.78 is 28.6. The van der Waals surface area contributed by atoms with Crippen molar-refractivity contribution in [1.29, 1.82) is 0 Å². The summed E-state index contributed by atoms with van der Waals surface area (Å²) in [5.74, 6) is 7.69. The Balaban J connectivity index is 0.000000108. The lowest BCUT2D eigenvalue weighted by atomic mass is 9.82. The third-order valence-corrected chi connectivity index (χ3v) is 29.1. The zero-order valence-electron chi connectivity index (χ0n) is 80.7. The van der Waals surface area contributed by atoms with Gasteiger partial charge in [-0.15, -0.1) is 0 Å². The van der Waals surface area contributed by atoms with Crippen molar-refractivity contribution in [3.63, 3.8) is 0 Å². The summed E-state index contributed by atoms with van der Waals surface area (Å²) in [5.41, 5.74) is 31.2. The van der Waals surface area contributed by atoms with E-state index in [2.05, 4.69) is 279 Å². The van der Waals surface area contributed by atoms with E-state index in [0.29, 0.717) is 52.4 Å². The Morgan fingerprint density at radius 1 is 0.207 bits per heavy atom. The first-order valence-electron chi connectivity index (χ1n) is 50.4. The highest BCUT2D eigenvalue weighted by atomic mass is 16.5. The van der Waals surface area contributed by atoms with Crippen molar-refractivity contribution >= 4 is 50.9 Å². The zero-order valence-corrected chi connectivity index (χ0v) is 80.7. The van der Waals surface area contributed by atoms with Crippen molar-refractivity contribution in [2.45, 2.75) is 36.1 Å². The summed E-state index contributed by atoms with van der Waals surface area (Å²) >= 11 is 0. The van der Waals surface area contributed by atoms with Crippen molar-refractivity contribution in [2.75, 3.05) is 0 Å². The average molecular weight is 1930 g/mol. The number of rotatable bonds is 15. The summed E-state index contributed by atoms with van der Waals surface area (Å²) in [6.45, 7) is 0. The quantitative estimate of drug-likeness (QED) is 0.0939. The Morgan fingerprint density at radius 2 is 0.527 bits per heavy atom. The average Bonchev–Trinajstić information content (AvgIpc) is 1.54. The van der Waals surface area contributed by atoms with E-state index >= 15 is 0 Å². The van der Waals surface area contributed by atoms with Crippen LogP contribution in [0, 0.1) is 0 Å². The molecule has 18 nitrogen and oxygen atoms in total. The molecule has 3 aliphatic carbocycles. The molecule has 3 aliphatic heterocycles. The van der Waals surface area contributed by atoms with E-state index in [9.17, 15) is 0 Å². The summed E-state index contributed by atoms with van der Waals surface area (Å²) in [5, 5.41) is 3.55. The summed E-state index contributed by atoms with van der Waals surface area (Å²) in [7, 11) is 0. The molecule has 708 valence electrons. The van der Waals surface area contributed by atoms with Crippen LogP contribution in [0.2, 0.25) is 0 Å². The van der Waals surface area contributed by atoms with Crippen LogP contribution < -0.4 is 14.2 Å². The van der Waals surface area contributed by atoms with Crippen molar-refractivity contribution in [3.05, 3.63) is 524 Å². The van der Waals surface area contributed by atoms with Gasteiger partial charge in [-0.3, -0.25) is 15.0 Å². The fourth-order valence-corrected chi connectivity index (χ4v) is 22.4. The van der Waals surface area contributed by atoms with Crippen molar-refractivity contribution in [2.24, 2.45) is 0 Å². The molecule has 30 rings (SSSR count). The molecular formula is C132H87N15O3. The van der Waals surface area contributed by atoms with Crippen molar-refractivity contribution in [3.8, 4) is 170 Å². The number of fused-ring (bicyclic) bond motifs is 21. The Hall–Kier alpha value is -20.0. The topological polar surface area (TPSA) is 197 Å². The molecule has 6 unspecified atom stereocenters. The predicted molar refractivity (Wildman–Crippen MR) is 593 cm³/mol. The lowest BCUT2D eigenvalue weighted by molar-refractivity contribution is 0.225. The van der Waals surface area contributed by atoms with Crippen LogP contribution in [0.25, 0.3) is 204 Å². The van der Waals surface area contributed by atoms with Gasteiger partial charge in [0.1, 0.15) is 35.6 Å². The van der Waals surface area contributed by atoms with Crippen LogP contribution in [0.3, 0.4) is 0 Å². The minimum atomic E-state index is -0.245. The molecule has 0 N–H and O–H groups in total. The van der Waals surface area contributed by atoms with Crippen LogP contribution in [0.15, 0.2) is 474 Å². The number of hydrogen-bond acceptors (Lipinski definition) is 15. The lowest BCUT2D eigenvalue weighted by Gasteiger charge is -2.23. The Labute approximate surface area is 863 Å². The minimum Gasteiger partial charge on any atom is -0.484 e. The second-order valence-electron chi connectivity index (χ2n) is 37.8. The molecule has 6 aliphatic rings. The molecule has 150 heavy (non-hydrogen) atoms. The molecule has 18 heteroatoms. The van der Waals surface area contributed by atoms with E-state index in [4.69, 9.17) is 64.1 Å². The molecule has 15 aromatic carbocycles. The number of pyridine rings is 3. The minimum absolute atomic E-state index is 0.00748. The van der Waals surface area contributed by atoms with Gasteiger partial charge in [0.05, 0.1) is 56.0 Å². The first-order chi connectivity index (χ1) is 74.4. The van der Waals surface area contributed by atoms with Gasteiger partial charge in [-0.2, -0.15) is 0 Å². The summed E-state index contributed by atoms with van der Waals surface area (Å²) in [6.07, 6.45) is 22.2. The molecule has 0 spiro atoms. The number of para-hydroxylation sites is 6. The number of ether oxygens (including phenoxy) is 3. The first-order valence-corrected chi connectivity index (χ1v) is 50.4. The largest absolute Gasteiger partial charge is 0.484 e. The van der Waals surface area contributed by atoms with Crippen LogP contribution in [0.1, 0.15) is 86.5 Å². The predicted octanol–water partition coefficient (Wildman–Crippen LogP) is 30.4. The number of aromatic nitrogens is 15. The molecule has 24 aromatic rings. The number of nitrogens with zero attached hydrogens (tertiary/aromatic N) is 15. The fourth-order valence-electron chi connectivity index (χ4n) is 22.4. The SMILES string of the molecule is C1=CC2c3c(-c4ccncc4)ccc(-c4nc(-c5ccccc5)nc(-c5ccccc5)n4)c3OC2c2c1n(-c1ccccc1)c1ccccc21.C1=CC2c3cc(-c4ccccn4)cc(-c4nc(-c5ccccc5)nc(-c5ccccc5)n4)c3OC2c2c1n(-c1ccccc1)c1ccccc21.C1=CC2c3cc(-c4cccnc4)cc(-c4nc(-c5ccccc5)nc(-c5ccccc5)n4)c3OC2c2c1n(-c1ccccc1)c1ccccc21. The molecule has 0 radical (unpaired) electrons. The maximum Gasteiger partial charge on any atom is 0.167 e. The van der Waals surface area contributed by atoms with Crippen LogP contribution >= 0.6 is 0 Å². The van der Waals surface area contributed by atoms with Crippen LogP contribution in [-0.2, 0) is 0 Å². The van der Waals surface area contributed by atoms with Gasteiger partial charge < -0.3 is 27.9 Å². The monoisotopic (exact) mass is 1930 g/mol. The molecule has 0 bridgehead atoms. The molecule has 0 fully saturated rings. The van der Waals surface area contributed by atoms with Gasteiger partial charge in [-0.1, -0.05) is 328 Å². The van der Waals surface area contributed by atoms with Gasteiger partial charge in [0.2, 0.25) is 0 Å². The highest BCUT2D eigenvalue weighted by molar-refractivity contribution is 5.97. The normalized spacial score (nSPS) is 15.7. The Bertz CT molecular complexity index is 8880. The van der Waals surface area contributed by atoms with Gasteiger partial charge in [0.25, 0.3) is 0 Å². The van der Waals surface area contributed by atoms with Gasteiger partial charge in [0.15, 0.2) is 52.4 Å². The van der Waals surface area contributed by atoms with Gasteiger partial charge in [0, 0.05) is 160 Å². The fraction of sp³-hybridized carbons (Fsp3) is 0.0455. The second-order valence-corrected chi connectivity index (χ2v) is 37.8. The van der Waals surface area contributed by atoms with E-state index in [1.807, 2.05) is 231 Å². The Kier molecular flexibility index (Phi) is 21.8. The standard InChI is InChI=1S/3C44H29N5O/c1-4-14-28(15-5-1)42-46-43(29-16-6-2-7-17-29)48-44(47-42)35-27-30(36-21-12-13-25-45-36)26-34-32-23-24-38-39(41(32)50-40(34)35)33-20-10-11-22-37(33)49(38)31-18-8-3-9-19-31;1-4-13-28(14-5-1)42-46-43(29-15-6-2-7-16-29)48-44(47-42)36-26-31(30-17-12-24-45-27-30)25-35-33-22-23-38-39(41(33)50-40(35)36)34-20-10-11-21-37(34)49(38)32-18-8-3-9-19-32;1-4-12-29(13-5-1)42-46-43(30-14-6-2-7-15-30)48-44(47-42)35-21-20-32(28-24-26-45-27-25-28)38-34-22-23-37-39(40(34)50-41(35)38)33-18-10-11-19-36(33)49(37)31-16-8-3-9-17-31/h1-27,32,41H;1-27,33,41H;1-27,34,40H. The van der Waals surface area contributed by atoms with E-state index in [-0.39, 0.29) is 36.1 Å². The van der Waals surface area contributed by atoms with Gasteiger partial charge in [-0.05, 0) is 150 Å². The molecule has 9 aromatic heterocycles. The zero-order chi connectivity index (χ0) is 99.1. The lowest BCUT2D eigenvalue weighted by Crippen LogP contribution is -2.13. The molecule has 6 atom stereocenters. The molecular weight excluding hydrogens is 1840 g/mol. The third-order valence-electron chi connectivity index (χ3n) is 29.1. The van der Waals surface area contributed by atoms with E-state index in [0.717, 1.165) is 168 Å². The smallest absolute Gasteiger partial charge is 0.167 e. The number of hydrogen-bond donors (Lipinski definition) is 0. The number of benzene rings is 15. The molecule has 0 saturated carbocycles. The van der Waals surface area contributed by atoms with Crippen LogP contribution in [-0.4, -0.2) is 73.5 Å². The molecule has 0 saturated heterocycles. The van der Waals surface area contributed by atoms with Gasteiger partial charge in [-0.25, -0.2) is 44.9 Å². The molecule has 12 heterocycles. The Morgan fingerprint density at radius 3 is 0.907 bits per heavy atom. The first kappa shape index (κ1) is 87.8. The van der Waals surface area contributed by atoms with Crippen molar-refractivity contribution < 1.29 is 14.2 Å². The van der Waals surface area contributed by atoms with E-state index < -0.39 is 0 Å². The maximum absolute atomic E-state index is 7.25. The highest BCUT2D eigenvalue weighted by Gasteiger charge is 2.47. The van der Waals surface area contributed by atoms with E-state index in [1.54, 1.807) is 6.20 Å². The molecule has 0 amide bonds. The highest BCUT2D eigenvalue weighted by Crippen LogP contribution is 2.62. The van der Waals surface area contributed by atoms with Crippen LogP contribution in [0.4, 0.5) is 0 Å². The van der Waals surface area contributed by atoms with E-state index in [1.165, 1.54) is 32.8 Å². The van der Waals surface area contributed by atoms with Gasteiger partial charge >= 0.3 is 0 Å². The third kappa shape index (κ3) is 15.5. The summed E-state index contributed by atoms with van der Waals surface area (Å²) in [6, 6.07) is 145. The van der Waals surface area contributed by atoms with Crippen molar-refractivity contribution in [1.82, 2.24) is 73.5 Å². The maximum atomic E-state index is 7.25.